The van der Waals surface area contributed by atoms with Gasteiger partial charge >= 0.3 is 208 Å². The zero-order valence-electron chi connectivity index (χ0n) is 19.8. The average Bonchev–Trinajstić information content (AvgIpc) is 3.20. The summed E-state index contributed by atoms with van der Waals surface area (Å²) in [6.45, 7) is 16.8. The van der Waals surface area contributed by atoms with E-state index in [2.05, 4.69) is 71.7 Å². The predicted molar refractivity (Wildman–Crippen MR) is 116 cm³/mol. The van der Waals surface area contributed by atoms with Crippen LogP contribution in [-0.2, 0) is 10.8 Å². The summed E-state index contributed by atoms with van der Waals surface area (Å²) >= 11 is -0.743. The SMILES string of the molecule is CCC[I-]n1nc(C(C)(C)C)c(N=Nc2c(C#N)c(C(C)(C)C)nn2[I-]CCC)c1N. The molecule has 0 radical (unpaired) electrons. The van der Waals surface area contributed by atoms with Gasteiger partial charge in [-0.15, -0.1) is 0 Å². The van der Waals surface area contributed by atoms with Gasteiger partial charge in [-0.05, 0) is 0 Å². The summed E-state index contributed by atoms with van der Waals surface area (Å²) in [6.07, 6.45) is 2.18. The van der Waals surface area contributed by atoms with Gasteiger partial charge in [-0.3, -0.25) is 0 Å². The minimum absolute atomic E-state index is 0.215. The predicted octanol–water partition coefficient (Wildman–Crippen LogP) is -0.932. The van der Waals surface area contributed by atoms with Gasteiger partial charge in [0.25, 0.3) is 0 Å². The van der Waals surface area contributed by atoms with Gasteiger partial charge in [0.2, 0.25) is 0 Å². The molecule has 2 aromatic rings. The quantitative estimate of drug-likeness (QED) is 0.226. The molecule has 0 aliphatic heterocycles. The van der Waals surface area contributed by atoms with Crippen LogP contribution in [0.2, 0.25) is 0 Å². The number of anilines is 1. The Bertz CT molecular complexity index is 968. The number of nitrogens with zero attached hydrogens (tertiary/aromatic N) is 7. The monoisotopic (exact) mass is 652 g/mol. The number of azo groups is 1. The number of halogens is 2. The number of hydrogen-bond donors (Lipinski definition) is 1. The molecule has 174 valence electrons. The summed E-state index contributed by atoms with van der Waals surface area (Å²) in [4.78, 5) is 0. The zero-order chi connectivity index (χ0) is 23.4. The Morgan fingerprint density at radius 3 is 1.90 bits per heavy atom. The summed E-state index contributed by atoms with van der Waals surface area (Å²) < 4.78 is 6.02. The fourth-order valence-electron chi connectivity index (χ4n) is 2.70. The van der Waals surface area contributed by atoms with Crippen molar-refractivity contribution < 1.29 is 43.0 Å². The first-order valence-corrected chi connectivity index (χ1v) is 15.5. The number of aromatic nitrogens is 4. The second-order valence-corrected chi connectivity index (χ2v) is 14.6. The Balaban J connectivity index is 2.62. The maximum absolute atomic E-state index is 9.91. The van der Waals surface area contributed by atoms with Crippen LogP contribution in [0.3, 0.4) is 0 Å². The molecule has 31 heavy (non-hydrogen) atoms. The summed E-state index contributed by atoms with van der Waals surface area (Å²) in [7, 11) is 0. The van der Waals surface area contributed by atoms with Crippen LogP contribution in [-0.4, -0.2) is 24.8 Å². The molecular formula is C21H34I2N8-2. The number of hydrogen-bond acceptors (Lipinski definition) is 6. The standard InChI is InChI=1S/C21H34I2N8/c1-9-11-22-30-18(25)15(17(29-30)21(6,7)8)26-27-19-14(13-24)16(20(3,4)5)28-31(19)23-12-10-2/h9-12,25H2,1-8H3/q-2. The third-order valence-electron chi connectivity index (χ3n) is 4.23. The molecule has 0 saturated carbocycles. The first-order valence-electron chi connectivity index (χ1n) is 10.5. The fourth-order valence-corrected chi connectivity index (χ4v) is 6.57. The van der Waals surface area contributed by atoms with E-state index in [0.717, 1.165) is 33.1 Å². The van der Waals surface area contributed by atoms with Gasteiger partial charge in [-0.1, -0.05) is 0 Å². The Labute approximate surface area is 207 Å². The summed E-state index contributed by atoms with van der Waals surface area (Å²) in [5.41, 5.74) is 8.74. The van der Waals surface area contributed by atoms with E-state index in [1.54, 1.807) is 0 Å². The molecule has 0 saturated heterocycles. The maximum atomic E-state index is 9.91. The van der Waals surface area contributed by atoms with E-state index in [4.69, 9.17) is 15.9 Å². The topological polar surface area (TPSA) is 110 Å². The first kappa shape index (κ1) is 26.0. The summed E-state index contributed by atoms with van der Waals surface area (Å²) in [6, 6.07) is 2.33. The first-order chi connectivity index (χ1) is 14.5. The van der Waals surface area contributed by atoms with Crippen LogP contribution < -0.4 is 48.7 Å². The van der Waals surface area contributed by atoms with Gasteiger partial charge in [0.1, 0.15) is 0 Å². The van der Waals surface area contributed by atoms with Crippen LogP contribution in [0.4, 0.5) is 17.3 Å². The third-order valence-corrected chi connectivity index (χ3v) is 10.1. The molecular weight excluding hydrogens is 618 g/mol. The van der Waals surface area contributed by atoms with E-state index in [1.165, 1.54) is 0 Å². The van der Waals surface area contributed by atoms with E-state index in [-0.39, 0.29) is 32.3 Å². The Kier molecular flexibility index (Phi) is 8.89. The molecule has 10 heteroatoms. The van der Waals surface area contributed by atoms with Crippen molar-refractivity contribution in [2.75, 3.05) is 14.6 Å². The molecule has 0 aliphatic carbocycles. The van der Waals surface area contributed by atoms with Gasteiger partial charge < -0.3 is 0 Å². The fraction of sp³-hybridized carbons (Fsp3) is 0.667. The number of nitriles is 1. The molecule has 0 atom stereocenters. The number of nitrogens with two attached hydrogens (primary N) is 1. The molecule has 0 aliphatic rings. The molecule has 2 N–H and O–H groups in total. The Hall–Kier alpha value is -1.23. The molecule has 2 heterocycles. The van der Waals surface area contributed by atoms with E-state index in [0.29, 0.717) is 22.9 Å². The van der Waals surface area contributed by atoms with E-state index < -0.39 is 21.5 Å². The van der Waals surface area contributed by atoms with Crippen molar-refractivity contribution >= 4 is 17.3 Å². The van der Waals surface area contributed by atoms with Crippen molar-refractivity contribution in [3.8, 4) is 6.07 Å². The normalized spacial score (nSPS) is 12.9. The van der Waals surface area contributed by atoms with Gasteiger partial charge in [0.05, 0.1) is 0 Å². The number of nitrogen functional groups attached to an aromatic ring is 1. The van der Waals surface area contributed by atoms with E-state index in [1.807, 2.05) is 5.79 Å². The summed E-state index contributed by atoms with van der Waals surface area (Å²) in [5.74, 6) is 1.11. The molecule has 0 bridgehead atoms. The van der Waals surface area contributed by atoms with Gasteiger partial charge in [-0.25, -0.2) is 0 Å². The van der Waals surface area contributed by atoms with Gasteiger partial charge in [0.15, 0.2) is 0 Å². The van der Waals surface area contributed by atoms with Crippen molar-refractivity contribution in [3.63, 3.8) is 0 Å². The van der Waals surface area contributed by atoms with Crippen molar-refractivity contribution in [2.24, 2.45) is 10.2 Å². The second-order valence-electron chi connectivity index (χ2n) is 9.28. The molecule has 0 aromatic carbocycles. The van der Waals surface area contributed by atoms with Crippen LogP contribution in [0.25, 0.3) is 0 Å². The Morgan fingerprint density at radius 1 is 0.903 bits per heavy atom. The summed E-state index contributed by atoms with van der Waals surface area (Å²) in [5, 5.41) is 28.6. The van der Waals surface area contributed by atoms with Crippen LogP contribution in [0.5, 0.6) is 0 Å². The average molecular weight is 652 g/mol. The van der Waals surface area contributed by atoms with Crippen LogP contribution in [0.15, 0.2) is 10.2 Å². The number of alkyl halides is 2. The third kappa shape index (κ3) is 6.18. The molecule has 2 rings (SSSR count). The van der Waals surface area contributed by atoms with Gasteiger partial charge in [0, 0.05) is 0 Å². The second kappa shape index (κ2) is 10.6. The molecule has 0 unspecified atom stereocenters. The zero-order valence-corrected chi connectivity index (χ0v) is 24.1. The molecule has 2 aromatic heterocycles. The molecule has 8 nitrogen and oxygen atoms in total. The molecule has 0 spiro atoms. The van der Waals surface area contributed by atoms with E-state index in [9.17, 15) is 5.26 Å². The van der Waals surface area contributed by atoms with Crippen LogP contribution >= 0.6 is 0 Å². The van der Waals surface area contributed by atoms with E-state index >= 15 is 0 Å². The minimum atomic E-state index is -0.416. The van der Waals surface area contributed by atoms with Crippen molar-refractivity contribution in [1.29, 1.82) is 5.26 Å². The van der Waals surface area contributed by atoms with Crippen LogP contribution in [0, 0.1) is 11.3 Å². The van der Waals surface area contributed by atoms with Crippen molar-refractivity contribution in [1.82, 2.24) is 16.0 Å². The molecule has 0 amide bonds. The van der Waals surface area contributed by atoms with Crippen molar-refractivity contribution in [3.05, 3.63) is 17.0 Å². The number of rotatable bonds is 8. The Morgan fingerprint density at radius 2 is 1.42 bits per heavy atom. The van der Waals surface area contributed by atoms with Gasteiger partial charge in [-0.2, -0.15) is 0 Å². The van der Waals surface area contributed by atoms with Crippen molar-refractivity contribution in [2.45, 2.75) is 79.1 Å². The van der Waals surface area contributed by atoms with Crippen LogP contribution in [0.1, 0.15) is 85.2 Å². The molecule has 0 fully saturated rings.